The summed E-state index contributed by atoms with van der Waals surface area (Å²) in [4.78, 5) is 4.32. The van der Waals surface area contributed by atoms with Crippen LogP contribution in [0.5, 0.6) is 0 Å². The van der Waals surface area contributed by atoms with Crippen molar-refractivity contribution in [2.45, 2.75) is 38.6 Å². The molecular weight excluding hydrogens is 275 g/mol. The van der Waals surface area contributed by atoms with Crippen LogP contribution in [0.1, 0.15) is 36.9 Å². The topological polar surface area (TPSA) is 24.9 Å². The minimum atomic E-state index is -0.179. The van der Waals surface area contributed by atoms with E-state index in [1.807, 2.05) is 31.3 Å². The molecule has 0 aliphatic heterocycles. The van der Waals surface area contributed by atoms with Crippen LogP contribution in [-0.2, 0) is 0 Å². The molecule has 1 fully saturated rings. The van der Waals surface area contributed by atoms with Gasteiger partial charge < -0.3 is 5.32 Å². The maximum absolute atomic E-state index is 12.9. The standard InChI is InChI=1S/C19H21FN2/c1-14-19(3-2-12-21-14)22-18-10-6-16(7-11-18)13-15-4-8-17(20)9-5-15/h2-5,8-9,12-13,18,22H,6-7,10-11H2,1H3. The molecule has 1 aromatic heterocycles. The van der Waals surface area contributed by atoms with E-state index in [0.29, 0.717) is 6.04 Å². The normalized spacial score (nSPS) is 18.1. The van der Waals surface area contributed by atoms with Crippen molar-refractivity contribution in [1.29, 1.82) is 0 Å². The summed E-state index contributed by atoms with van der Waals surface area (Å²) < 4.78 is 12.9. The third-order valence-electron chi connectivity index (χ3n) is 4.24. The molecule has 1 aliphatic carbocycles. The van der Waals surface area contributed by atoms with Crippen LogP contribution >= 0.6 is 0 Å². The smallest absolute Gasteiger partial charge is 0.123 e. The average molecular weight is 296 g/mol. The average Bonchev–Trinajstić information content (AvgIpc) is 2.54. The number of aryl methyl sites for hydroxylation is 1. The van der Waals surface area contributed by atoms with Gasteiger partial charge in [0.1, 0.15) is 5.82 Å². The summed E-state index contributed by atoms with van der Waals surface area (Å²) in [5.41, 5.74) is 4.73. The van der Waals surface area contributed by atoms with E-state index in [0.717, 1.165) is 42.6 Å². The summed E-state index contributed by atoms with van der Waals surface area (Å²) in [7, 11) is 0. The maximum atomic E-state index is 12.9. The summed E-state index contributed by atoms with van der Waals surface area (Å²) in [5.74, 6) is -0.179. The van der Waals surface area contributed by atoms with Crippen LogP contribution in [-0.4, -0.2) is 11.0 Å². The van der Waals surface area contributed by atoms with Crippen molar-refractivity contribution in [2.24, 2.45) is 0 Å². The highest BCUT2D eigenvalue weighted by Crippen LogP contribution is 2.28. The highest BCUT2D eigenvalue weighted by atomic mass is 19.1. The molecule has 0 radical (unpaired) electrons. The van der Waals surface area contributed by atoms with Crippen LogP contribution in [0.25, 0.3) is 6.08 Å². The fourth-order valence-corrected chi connectivity index (χ4v) is 2.93. The zero-order valence-electron chi connectivity index (χ0n) is 12.8. The molecule has 0 amide bonds. The van der Waals surface area contributed by atoms with Crippen molar-refractivity contribution < 1.29 is 4.39 Å². The van der Waals surface area contributed by atoms with Gasteiger partial charge in [-0.1, -0.05) is 23.8 Å². The first-order valence-electron chi connectivity index (χ1n) is 7.84. The first kappa shape index (κ1) is 14.8. The van der Waals surface area contributed by atoms with Crippen molar-refractivity contribution in [3.8, 4) is 0 Å². The molecule has 2 aromatic rings. The summed E-state index contributed by atoms with van der Waals surface area (Å²) in [5, 5.41) is 3.60. The number of halogens is 1. The zero-order valence-corrected chi connectivity index (χ0v) is 12.8. The van der Waals surface area contributed by atoms with Crippen LogP contribution in [0.15, 0.2) is 48.2 Å². The number of aromatic nitrogens is 1. The van der Waals surface area contributed by atoms with Crippen molar-refractivity contribution in [3.63, 3.8) is 0 Å². The number of benzene rings is 1. The van der Waals surface area contributed by atoms with E-state index in [1.54, 1.807) is 0 Å². The van der Waals surface area contributed by atoms with Crippen molar-refractivity contribution in [1.82, 2.24) is 4.98 Å². The molecule has 1 saturated carbocycles. The van der Waals surface area contributed by atoms with Crippen molar-refractivity contribution in [2.75, 3.05) is 5.32 Å². The van der Waals surface area contributed by atoms with E-state index in [-0.39, 0.29) is 5.82 Å². The lowest BCUT2D eigenvalue weighted by molar-refractivity contribution is 0.542. The Bertz CT molecular complexity index is 651. The van der Waals surface area contributed by atoms with Crippen LogP contribution in [0.2, 0.25) is 0 Å². The third kappa shape index (κ3) is 3.73. The van der Waals surface area contributed by atoms with Gasteiger partial charge in [0.25, 0.3) is 0 Å². The second kappa shape index (κ2) is 6.73. The Hall–Kier alpha value is -2.16. The minimum Gasteiger partial charge on any atom is -0.381 e. The van der Waals surface area contributed by atoms with E-state index < -0.39 is 0 Å². The molecule has 3 rings (SSSR count). The summed E-state index contributed by atoms with van der Waals surface area (Å²) in [6.45, 7) is 2.03. The van der Waals surface area contributed by atoms with Crippen LogP contribution in [0.4, 0.5) is 10.1 Å². The lowest BCUT2D eigenvalue weighted by Crippen LogP contribution is -2.23. The zero-order chi connectivity index (χ0) is 15.4. The lowest BCUT2D eigenvalue weighted by atomic mass is 9.89. The number of allylic oxidation sites excluding steroid dienone is 1. The Kier molecular flexibility index (Phi) is 4.52. The van der Waals surface area contributed by atoms with Gasteiger partial charge in [-0.15, -0.1) is 0 Å². The quantitative estimate of drug-likeness (QED) is 0.865. The summed E-state index contributed by atoms with van der Waals surface area (Å²) >= 11 is 0. The largest absolute Gasteiger partial charge is 0.381 e. The highest BCUT2D eigenvalue weighted by Gasteiger charge is 2.17. The first-order chi connectivity index (χ1) is 10.7. The molecule has 0 saturated heterocycles. The predicted octanol–water partition coefficient (Wildman–Crippen LogP) is 4.97. The Morgan fingerprint density at radius 3 is 2.55 bits per heavy atom. The molecule has 2 nitrogen and oxygen atoms in total. The van der Waals surface area contributed by atoms with Crippen LogP contribution < -0.4 is 5.32 Å². The molecule has 114 valence electrons. The molecule has 0 atom stereocenters. The number of pyridine rings is 1. The second-order valence-corrected chi connectivity index (χ2v) is 5.91. The van der Waals surface area contributed by atoms with Gasteiger partial charge in [0, 0.05) is 12.2 Å². The fraction of sp³-hybridized carbons (Fsp3) is 0.316. The van der Waals surface area contributed by atoms with E-state index in [2.05, 4.69) is 22.4 Å². The van der Waals surface area contributed by atoms with E-state index >= 15 is 0 Å². The Morgan fingerprint density at radius 1 is 1.14 bits per heavy atom. The number of rotatable bonds is 3. The maximum Gasteiger partial charge on any atom is 0.123 e. The second-order valence-electron chi connectivity index (χ2n) is 5.91. The molecule has 1 aliphatic rings. The van der Waals surface area contributed by atoms with Gasteiger partial charge in [0.15, 0.2) is 0 Å². The fourth-order valence-electron chi connectivity index (χ4n) is 2.93. The van der Waals surface area contributed by atoms with Gasteiger partial charge >= 0.3 is 0 Å². The SMILES string of the molecule is Cc1ncccc1NC1CCC(=Cc2ccc(F)cc2)CC1. The third-order valence-corrected chi connectivity index (χ3v) is 4.24. The molecule has 3 heteroatoms. The summed E-state index contributed by atoms with van der Waals surface area (Å²) in [6, 6.07) is 11.3. The summed E-state index contributed by atoms with van der Waals surface area (Å²) in [6.07, 6.45) is 8.46. The number of hydrogen-bond acceptors (Lipinski definition) is 2. The molecule has 1 heterocycles. The highest BCUT2D eigenvalue weighted by molar-refractivity contribution is 5.53. The van der Waals surface area contributed by atoms with Gasteiger partial charge in [-0.05, 0) is 62.4 Å². The van der Waals surface area contributed by atoms with Gasteiger partial charge in [-0.25, -0.2) is 4.39 Å². The van der Waals surface area contributed by atoms with E-state index in [4.69, 9.17) is 0 Å². The molecule has 0 unspecified atom stereocenters. The molecule has 1 N–H and O–H groups in total. The molecule has 1 aromatic carbocycles. The molecule has 22 heavy (non-hydrogen) atoms. The van der Waals surface area contributed by atoms with Gasteiger partial charge in [-0.2, -0.15) is 0 Å². The predicted molar refractivity (Wildman–Crippen MR) is 89.2 cm³/mol. The lowest BCUT2D eigenvalue weighted by Gasteiger charge is -2.26. The van der Waals surface area contributed by atoms with E-state index in [1.165, 1.54) is 17.7 Å². The molecule has 0 spiro atoms. The number of nitrogens with one attached hydrogen (secondary N) is 1. The number of nitrogens with zero attached hydrogens (tertiary/aromatic N) is 1. The van der Waals surface area contributed by atoms with E-state index in [9.17, 15) is 4.39 Å². The Balaban J connectivity index is 1.58. The number of anilines is 1. The Labute approximate surface area is 131 Å². The van der Waals surface area contributed by atoms with Crippen molar-refractivity contribution in [3.05, 3.63) is 65.2 Å². The minimum absolute atomic E-state index is 0.179. The van der Waals surface area contributed by atoms with Gasteiger partial charge in [-0.3, -0.25) is 4.98 Å². The first-order valence-corrected chi connectivity index (χ1v) is 7.84. The van der Waals surface area contributed by atoms with Crippen molar-refractivity contribution >= 4 is 11.8 Å². The van der Waals surface area contributed by atoms with Crippen LogP contribution in [0, 0.1) is 12.7 Å². The Morgan fingerprint density at radius 2 is 1.86 bits per heavy atom. The number of hydrogen-bond donors (Lipinski definition) is 1. The molecular formula is C19H21FN2. The molecule has 0 bridgehead atoms. The van der Waals surface area contributed by atoms with Crippen LogP contribution in [0.3, 0.4) is 0 Å². The van der Waals surface area contributed by atoms with Gasteiger partial charge in [0.05, 0.1) is 11.4 Å². The van der Waals surface area contributed by atoms with Gasteiger partial charge in [0.2, 0.25) is 0 Å². The monoisotopic (exact) mass is 296 g/mol.